The average Bonchev–Trinajstić information content (AvgIpc) is 2.11. The van der Waals surface area contributed by atoms with Gasteiger partial charge in [0.1, 0.15) is 0 Å². The van der Waals surface area contributed by atoms with Crippen LogP contribution < -0.4 is 0 Å². The van der Waals surface area contributed by atoms with Crippen molar-refractivity contribution in [1.29, 1.82) is 0 Å². The summed E-state index contributed by atoms with van der Waals surface area (Å²) in [5.74, 6) is 3.71. The van der Waals surface area contributed by atoms with Crippen LogP contribution in [0.25, 0.3) is 0 Å². The molecule has 0 saturated heterocycles. The molecule has 0 aromatic rings. The van der Waals surface area contributed by atoms with E-state index in [2.05, 4.69) is 55.4 Å². The Labute approximate surface area is 120 Å². The Morgan fingerprint density at radius 2 is 0.944 bits per heavy atom. The van der Waals surface area contributed by atoms with Gasteiger partial charge in [-0.1, -0.05) is 85.5 Å². The van der Waals surface area contributed by atoms with Crippen LogP contribution in [0.2, 0.25) is 24.2 Å². The first kappa shape index (κ1) is 18.4. The highest BCUT2D eigenvalue weighted by atomic mass is 29.2. The van der Waals surface area contributed by atoms with Crippen LogP contribution in [0.1, 0.15) is 55.4 Å². The predicted octanol–water partition coefficient (Wildman–Crippen LogP) is 5.14. The maximum absolute atomic E-state index is 2.45. The molecule has 0 aliphatic rings. The minimum Gasteiger partial charge on any atom is -0.0631 e. The van der Waals surface area contributed by atoms with Crippen LogP contribution in [0.15, 0.2) is 0 Å². The number of rotatable bonds is 9. The van der Waals surface area contributed by atoms with Gasteiger partial charge in [-0.15, -0.1) is 0 Å². The Bertz CT molecular complexity index is 181. The van der Waals surface area contributed by atoms with Crippen molar-refractivity contribution < 1.29 is 0 Å². The minimum absolute atomic E-state index is 0.181. The maximum atomic E-state index is 2.45. The molecule has 0 rings (SSSR count). The molecular weight excluding hydrogens is 248 g/mol. The van der Waals surface area contributed by atoms with Gasteiger partial charge in [-0.2, -0.15) is 0 Å². The molecule has 0 radical (unpaired) electrons. The Balaban J connectivity index is 4.85. The lowest BCUT2D eigenvalue weighted by Gasteiger charge is -2.37. The van der Waals surface area contributed by atoms with Crippen LogP contribution in [0, 0.1) is 23.7 Å². The molecule has 0 aliphatic carbocycles. The van der Waals surface area contributed by atoms with Crippen molar-refractivity contribution in [2.75, 3.05) is 0 Å². The monoisotopic (exact) mass is 286 g/mol. The SMILES string of the molecule is CC(C)C[SiH2][Si](CC(C)C)(CC(C)C)CC(C)C. The summed E-state index contributed by atoms with van der Waals surface area (Å²) in [5.41, 5.74) is 0. The Kier molecular flexibility index (Phi) is 8.78. The molecule has 0 atom stereocenters. The molecule has 0 bridgehead atoms. The molecule has 110 valence electrons. The Morgan fingerprint density at radius 3 is 1.17 bits per heavy atom. The van der Waals surface area contributed by atoms with E-state index in [-0.39, 0.29) is 9.04 Å². The summed E-state index contributed by atoms with van der Waals surface area (Å²) in [7, 11) is -0.727. The van der Waals surface area contributed by atoms with Gasteiger partial charge in [-0.3, -0.25) is 0 Å². The van der Waals surface area contributed by atoms with E-state index in [0.717, 1.165) is 23.7 Å². The molecule has 0 fully saturated rings. The number of hydrogen-bond acceptors (Lipinski definition) is 0. The van der Waals surface area contributed by atoms with Crippen LogP contribution in [0.4, 0.5) is 0 Å². The quantitative estimate of drug-likeness (QED) is 0.515. The molecule has 0 spiro atoms. The molecule has 0 N–H and O–H groups in total. The van der Waals surface area contributed by atoms with Crippen molar-refractivity contribution in [3.05, 3.63) is 0 Å². The second kappa shape index (κ2) is 8.57. The van der Waals surface area contributed by atoms with E-state index >= 15 is 0 Å². The standard InChI is InChI=1S/C16H38Si2/c1-13(2)9-17-18(10-14(3)4,11-15(5)6)12-16(7)8/h13-16H,9-12,17H2,1-8H3. The second-order valence-corrected chi connectivity index (χ2v) is 19.5. The smallest absolute Gasteiger partial charge is 0.0409 e. The summed E-state index contributed by atoms with van der Waals surface area (Å²) in [6.07, 6.45) is 0. The van der Waals surface area contributed by atoms with Crippen molar-refractivity contribution in [2.24, 2.45) is 23.7 Å². The van der Waals surface area contributed by atoms with Gasteiger partial charge in [-0.25, -0.2) is 0 Å². The van der Waals surface area contributed by atoms with Gasteiger partial charge in [0, 0.05) is 16.6 Å². The summed E-state index contributed by atoms with van der Waals surface area (Å²) in [5, 5.41) is 0. The van der Waals surface area contributed by atoms with Crippen LogP contribution in [-0.2, 0) is 0 Å². The lowest BCUT2D eigenvalue weighted by molar-refractivity contribution is 0.651. The normalized spacial score (nSPS) is 14.0. The van der Waals surface area contributed by atoms with Crippen molar-refractivity contribution in [3.63, 3.8) is 0 Å². The lowest BCUT2D eigenvalue weighted by atomic mass is 10.3. The third-order valence-corrected chi connectivity index (χ3v) is 18.0. The van der Waals surface area contributed by atoms with Gasteiger partial charge in [0.05, 0.1) is 0 Å². The van der Waals surface area contributed by atoms with Crippen molar-refractivity contribution in [3.8, 4) is 0 Å². The topological polar surface area (TPSA) is 0 Å². The maximum Gasteiger partial charge on any atom is 0.0409 e. The summed E-state index contributed by atoms with van der Waals surface area (Å²) in [4.78, 5) is 0. The first-order valence-corrected chi connectivity index (χ1v) is 14.1. The van der Waals surface area contributed by atoms with Gasteiger partial charge < -0.3 is 0 Å². The van der Waals surface area contributed by atoms with Gasteiger partial charge >= 0.3 is 0 Å². The largest absolute Gasteiger partial charge is 0.0631 e. The Hall–Kier alpha value is 0.434. The third-order valence-electron chi connectivity index (χ3n) is 3.78. The molecule has 0 unspecified atom stereocenters. The highest BCUT2D eigenvalue weighted by Crippen LogP contribution is 2.32. The summed E-state index contributed by atoms with van der Waals surface area (Å²) in [6, 6.07) is 6.44. The molecular formula is C16H38Si2. The molecule has 18 heavy (non-hydrogen) atoms. The van der Waals surface area contributed by atoms with E-state index in [4.69, 9.17) is 0 Å². The zero-order chi connectivity index (χ0) is 14.3. The van der Waals surface area contributed by atoms with Gasteiger partial charge in [0.2, 0.25) is 0 Å². The molecule has 2 heteroatoms. The van der Waals surface area contributed by atoms with E-state index in [1.165, 1.54) is 0 Å². The predicted molar refractivity (Wildman–Crippen MR) is 92.9 cm³/mol. The lowest BCUT2D eigenvalue weighted by Crippen LogP contribution is -2.45. The highest BCUT2D eigenvalue weighted by molar-refractivity contribution is 7.25. The first-order chi connectivity index (χ1) is 8.17. The van der Waals surface area contributed by atoms with E-state index in [1.807, 2.05) is 0 Å². The fourth-order valence-electron chi connectivity index (χ4n) is 3.75. The molecule has 0 heterocycles. The number of hydrogen-bond donors (Lipinski definition) is 0. The van der Waals surface area contributed by atoms with Gasteiger partial charge in [0.25, 0.3) is 0 Å². The fraction of sp³-hybridized carbons (Fsp3) is 1.00. The van der Waals surface area contributed by atoms with Crippen molar-refractivity contribution in [1.82, 2.24) is 0 Å². The van der Waals surface area contributed by atoms with Crippen molar-refractivity contribution >= 4 is 16.6 Å². The zero-order valence-corrected chi connectivity index (χ0v) is 16.8. The molecule has 0 aromatic carbocycles. The van der Waals surface area contributed by atoms with Crippen molar-refractivity contribution in [2.45, 2.75) is 79.6 Å². The fourth-order valence-corrected chi connectivity index (χ4v) is 21.8. The first-order valence-electron chi connectivity index (χ1n) is 8.17. The van der Waals surface area contributed by atoms with Crippen LogP contribution in [-0.4, -0.2) is 16.6 Å². The average molecular weight is 287 g/mol. The van der Waals surface area contributed by atoms with E-state index in [9.17, 15) is 0 Å². The highest BCUT2D eigenvalue weighted by Gasteiger charge is 2.34. The molecule has 0 nitrogen and oxygen atoms in total. The molecule has 0 aliphatic heterocycles. The minimum atomic E-state index is -0.909. The van der Waals surface area contributed by atoms with E-state index in [1.54, 1.807) is 24.2 Å². The molecule has 0 saturated carbocycles. The van der Waals surface area contributed by atoms with Gasteiger partial charge in [-0.05, 0) is 17.8 Å². The summed E-state index contributed by atoms with van der Waals surface area (Å²) >= 11 is 0. The van der Waals surface area contributed by atoms with Crippen LogP contribution in [0.3, 0.4) is 0 Å². The van der Waals surface area contributed by atoms with E-state index in [0.29, 0.717) is 0 Å². The third kappa shape index (κ3) is 8.52. The molecule has 0 amide bonds. The van der Waals surface area contributed by atoms with Crippen LogP contribution >= 0.6 is 0 Å². The van der Waals surface area contributed by atoms with E-state index < -0.39 is 7.59 Å². The summed E-state index contributed by atoms with van der Waals surface area (Å²) in [6.45, 7) is 19.5. The van der Waals surface area contributed by atoms with Crippen LogP contribution in [0.5, 0.6) is 0 Å². The summed E-state index contributed by atoms with van der Waals surface area (Å²) < 4.78 is 0. The molecule has 0 aromatic heterocycles. The van der Waals surface area contributed by atoms with Gasteiger partial charge in [0.15, 0.2) is 0 Å². The second-order valence-electron chi connectivity index (χ2n) is 8.23. The zero-order valence-electron chi connectivity index (χ0n) is 14.3. The Morgan fingerprint density at radius 1 is 0.611 bits per heavy atom.